The molecule has 1 aromatic carbocycles. The van der Waals surface area contributed by atoms with Crippen LogP contribution in [0.4, 0.5) is 0 Å². The largest absolute Gasteiger partial charge is 0.490 e. The van der Waals surface area contributed by atoms with Crippen molar-refractivity contribution in [3.8, 4) is 22.8 Å². The summed E-state index contributed by atoms with van der Waals surface area (Å²) in [6.45, 7) is 1.92. The molecule has 2 N–H and O–H groups in total. The summed E-state index contributed by atoms with van der Waals surface area (Å²) < 4.78 is 16.6. The highest BCUT2D eigenvalue weighted by atomic mass is 16.5. The number of hydrogen-bond acceptors (Lipinski definition) is 5. The van der Waals surface area contributed by atoms with Crippen LogP contribution in [0.2, 0.25) is 0 Å². The minimum Gasteiger partial charge on any atom is -0.490 e. The molecule has 5 nitrogen and oxygen atoms in total. The lowest BCUT2D eigenvalue weighted by atomic mass is 10.1. The fraction of sp³-hybridized carbons (Fsp3) is 0.357. The molecule has 1 aliphatic rings. The Labute approximate surface area is 111 Å². The average molecular weight is 260 g/mol. The minimum absolute atomic E-state index is 0.568. The number of nitrogens with two attached hydrogens (primary N) is 1. The molecule has 0 spiro atoms. The van der Waals surface area contributed by atoms with E-state index in [-0.39, 0.29) is 0 Å². The van der Waals surface area contributed by atoms with Crippen molar-refractivity contribution < 1.29 is 14.0 Å². The smallest absolute Gasteiger partial charge is 0.170 e. The van der Waals surface area contributed by atoms with E-state index >= 15 is 0 Å². The van der Waals surface area contributed by atoms with Gasteiger partial charge in [-0.15, -0.1) is 0 Å². The van der Waals surface area contributed by atoms with Gasteiger partial charge in [-0.05, 0) is 31.2 Å². The maximum Gasteiger partial charge on any atom is 0.170 e. The zero-order valence-corrected chi connectivity index (χ0v) is 10.6. The van der Waals surface area contributed by atoms with Crippen LogP contribution >= 0.6 is 0 Å². The van der Waals surface area contributed by atoms with Gasteiger partial charge in [0.05, 0.1) is 19.4 Å². The van der Waals surface area contributed by atoms with Gasteiger partial charge in [-0.2, -0.15) is 0 Å². The third kappa shape index (κ3) is 2.42. The van der Waals surface area contributed by atoms with Crippen molar-refractivity contribution in [1.29, 1.82) is 0 Å². The molecule has 0 saturated heterocycles. The SMILES string of the molecule is NCCc1cnoc1-c1ccc2c(c1)OCCCO2. The molecule has 1 aliphatic heterocycles. The second kappa shape index (κ2) is 5.32. The highest BCUT2D eigenvalue weighted by Gasteiger charge is 2.15. The van der Waals surface area contributed by atoms with E-state index in [1.807, 2.05) is 18.2 Å². The predicted octanol–water partition coefficient (Wildman–Crippen LogP) is 2.00. The van der Waals surface area contributed by atoms with Crippen LogP contribution in [-0.2, 0) is 6.42 Å². The number of nitrogens with zero attached hydrogens (tertiary/aromatic N) is 1. The molecule has 0 saturated carbocycles. The highest BCUT2D eigenvalue weighted by molar-refractivity contribution is 5.65. The Morgan fingerprint density at radius 3 is 2.84 bits per heavy atom. The number of aromatic nitrogens is 1. The third-order valence-electron chi connectivity index (χ3n) is 3.07. The first-order valence-corrected chi connectivity index (χ1v) is 6.42. The first-order valence-electron chi connectivity index (χ1n) is 6.42. The summed E-state index contributed by atoms with van der Waals surface area (Å²) in [4.78, 5) is 0. The van der Waals surface area contributed by atoms with Crippen molar-refractivity contribution in [3.63, 3.8) is 0 Å². The van der Waals surface area contributed by atoms with Crippen LogP contribution in [0.5, 0.6) is 11.5 Å². The standard InChI is InChI=1S/C14H16N2O3/c15-5-4-11-9-16-19-14(11)10-2-3-12-13(8-10)18-7-1-6-17-12/h2-3,8-9H,1,4-7,15H2. The van der Waals surface area contributed by atoms with Crippen molar-refractivity contribution >= 4 is 0 Å². The number of ether oxygens (including phenoxy) is 2. The Balaban J connectivity index is 1.97. The van der Waals surface area contributed by atoms with E-state index in [1.54, 1.807) is 6.20 Å². The molecule has 0 unspecified atom stereocenters. The molecule has 0 bridgehead atoms. The summed E-state index contributed by atoms with van der Waals surface area (Å²) in [7, 11) is 0. The van der Waals surface area contributed by atoms with Gasteiger partial charge in [-0.3, -0.25) is 0 Å². The summed E-state index contributed by atoms with van der Waals surface area (Å²) >= 11 is 0. The lowest BCUT2D eigenvalue weighted by Gasteiger charge is -2.08. The first-order chi connectivity index (χ1) is 9.38. The minimum atomic E-state index is 0.568. The molecule has 0 atom stereocenters. The quantitative estimate of drug-likeness (QED) is 0.914. The molecule has 0 amide bonds. The Hall–Kier alpha value is -2.01. The van der Waals surface area contributed by atoms with Crippen LogP contribution in [-0.4, -0.2) is 24.9 Å². The lowest BCUT2D eigenvalue weighted by Crippen LogP contribution is -2.02. The molecule has 0 radical (unpaired) electrons. The van der Waals surface area contributed by atoms with E-state index in [0.717, 1.165) is 41.2 Å². The van der Waals surface area contributed by atoms with Gasteiger partial charge in [0.15, 0.2) is 17.3 Å². The molecular formula is C14H16N2O3. The Bertz CT molecular complexity index is 566. The maximum atomic E-state index is 5.68. The number of fused-ring (bicyclic) bond motifs is 1. The topological polar surface area (TPSA) is 70.5 Å². The summed E-state index contributed by atoms with van der Waals surface area (Å²) in [6, 6.07) is 5.79. The van der Waals surface area contributed by atoms with Gasteiger partial charge < -0.3 is 19.7 Å². The normalized spacial score (nSPS) is 14.2. The predicted molar refractivity (Wildman–Crippen MR) is 70.3 cm³/mol. The molecule has 0 fully saturated rings. The number of benzene rings is 1. The number of hydrogen-bond donors (Lipinski definition) is 1. The Morgan fingerprint density at radius 1 is 1.16 bits per heavy atom. The molecule has 0 aliphatic carbocycles. The second-order valence-corrected chi connectivity index (χ2v) is 4.43. The van der Waals surface area contributed by atoms with Crippen LogP contribution in [0.3, 0.4) is 0 Å². The molecule has 100 valence electrons. The van der Waals surface area contributed by atoms with Crippen LogP contribution in [0.15, 0.2) is 28.9 Å². The van der Waals surface area contributed by atoms with Crippen LogP contribution in [0.25, 0.3) is 11.3 Å². The lowest BCUT2D eigenvalue weighted by molar-refractivity contribution is 0.297. The van der Waals surface area contributed by atoms with Crippen molar-refractivity contribution in [2.75, 3.05) is 19.8 Å². The number of rotatable bonds is 3. The molecular weight excluding hydrogens is 244 g/mol. The van der Waals surface area contributed by atoms with Gasteiger partial charge in [-0.25, -0.2) is 0 Å². The van der Waals surface area contributed by atoms with E-state index in [0.29, 0.717) is 19.8 Å². The fourth-order valence-electron chi connectivity index (χ4n) is 2.14. The highest BCUT2D eigenvalue weighted by Crippen LogP contribution is 2.35. The van der Waals surface area contributed by atoms with Crippen molar-refractivity contribution in [2.24, 2.45) is 5.73 Å². The van der Waals surface area contributed by atoms with Crippen molar-refractivity contribution in [2.45, 2.75) is 12.8 Å². The third-order valence-corrected chi connectivity index (χ3v) is 3.07. The summed E-state index contributed by atoms with van der Waals surface area (Å²) in [6.07, 6.45) is 3.35. The maximum absolute atomic E-state index is 5.68. The summed E-state index contributed by atoms with van der Waals surface area (Å²) in [5.74, 6) is 2.28. The average Bonchev–Trinajstić information content (AvgIpc) is 2.76. The van der Waals surface area contributed by atoms with Gasteiger partial charge >= 0.3 is 0 Å². The summed E-state index contributed by atoms with van der Waals surface area (Å²) in [5, 5.41) is 3.85. The zero-order chi connectivity index (χ0) is 13.1. The van der Waals surface area contributed by atoms with Crippen molar-refractivity contribution in [1.82, 2.24) is 5.16 Å². The fourth-order valence-corrected chi connectivity index (χ4v) is 2.14. The van der Waals surface area contributed by atoms with Gasteiger partial charge in [0.25, 0.3) is 0 Å². The second-order valence-electron chi connectivity index (χ2n) is 4.43. The van der Waals surface area contributed by atoms with Crippen molar-refractivity contribution in [3.05, 3.63) is 30.0 Å². The molecule has 5 heteroatoms. The van der Waals surface area contributed by atoms with E-state index in [9.17, 15) is 0 Å². The Kier molecular flexibility index (Phi) is 3.37. The molecule has 2 aromatic rings. The molecule has 3 rings (SSSR count). The summed E-state index contributed by atoms with van der Waals surface area (Å²) in [5.41, 5.74) is 7.53. The monoisotopic (exact) mass is 260 g/mol. The van der Waals surface area contributed by atoms with E-state index < -0.39 is 0 Å². The van der Waals surface area contributed by atoms with Gasteiger partial charge in [0.1, 0.15) is 0 Å². The van der Waals surface area contributed by atoms with E-state index in [2.05, 4.69) is 5.16 Å². The molecule has 1 aromatic heterocycles. The zero-order valence-electron chi connectivity index (χ0n) is 10.6. The van der Waals surface area contributed by atoms with E-state index in [4.69, 9.17) is 19.7 Å². The molecule has 19 heavy (non-hydrogen) atoms. The van der Waals surface area contributed by atoms with E-state index in [1.165, 1.54) is 0 Å². The Morgan fingerprint density at radius 2 is 2.00 bits per heavy atom. The molecule has 2 heterocycles. The van der Waals surface area contributed by atoms with Gasteiger partial charge in [0, 0.05) is 17.5 Å². The van der Waals surface area contributed by atoms with Gasteiger partial charge in [-0.1, -0.05) is 5.16 Å². The van der Waals surface area contributed by atoms with Crippen LogP contribution in [0.1, 0.15) is 12.0 Å². The van der Waals surface area contributed by atoms with Crippen LogP contribution in [0, 0.1) is 0 Å². The first kappa shape index (κ1) is 12.0. The van der Waals surface area contributed by atoms with Gasteiger partial charge in [0.2, 0.25) is 0 Å². The van der Waals surface area contributed by atoms with Crippen LogP contribution < -0.4 is 15.2 Å².